The molecule has 0 spiro atoms. The topological polar surface area (TPSA) is 55.2 Å². The summed E-state index contributed by atoms with van der Waals surface area (Å²) in [4.78, 5) is 31.6. The number of aromatic nitrogens is 2. The fourth-order valence-corrected chi connectivity index (χ4v) is 4.10. The van der Waals surface area contributed by atoms with E-state index in [1.165, 1.54) is 0 Å². The number of carbonyl (C=O) groups is 1. The van der Waals surface area contributed by atoms with E-state index in [0.29, 0.717) is 23.9 Å². The standard InChI is InChI=1S/C19H19N3O2S/c23-18(10-14-7-9-25-12-14)21-8-3-4-15(11-21)22-13-20-17-6-2-1-5-16(17)19(22)24/h1-2,5-7,9,12-13,15H,3-4,8,10-11H2. The normalized spacial score (nSPS) is 17.8. The first kappa shape index (κ1) is 16.0. The third-order valence-electron chi connectivity index (χ3n) is 4.77. The minimum atomic E-state index is -0.0252. The Balaban J connectivity index is 1.56. The summed E-state index contributed by atoms with van der Waals surface area (Å²) in [6, 6.07) is 9.37. The molecule has 0 saturated carbocycles. The van der Waals surface area contributed by atoms with Crippen LogP contribution in [-0.2, 0) is 11.2 Å². The van der Waals surface area contributed by atoms with Crippen molar-refractivity contribution in [3.63, 3.8) is 0 Å². The molecule has 1 saturated heterocycles. The first-order chi connectivity index (χ1) is 12.2. The van der Waals surface area contributed by atoms with Gasteiger partial charge in [0.2, 0.25) is 5.91 Å². The lowest BCUT2D eigenvalue weighted by atomic mass is 10.0. The Kier molecular flexibility index (Phi) is 4.36. The van der Waals surface area contributed by atoms with Crippen LogP contribution in [0.1, 0.15) is 24.4 Å². The molecule has 4 rings (SSSR count). The Morgan fingerprint density at radius 1 is 1.28 bits per heavy atom. The molecule has 6 heteroatoms. The van der Waals surface area contributed by atoms with Gasteiger partial charge in [-0.1, -0.05) is 12.1 Å². The zero-order chi connectivity index (χ0) is 17.2. The van der Waals surface area contributed by atoms with Crippen molar-refractivity contribution in [1.82, 2.24) is 14.5 Å². The molecule has 5 nitrogen and oxygen atoms in total. The first-order valence-corrected chi connectivity index (χ1v) is 9.41. The van der Waals surface area contributed by atoms with Crippen molar-refractivity contribution in [3.05, 3.63) is 63.3 Å². The van der Waals surface area contributed by atoms with Crippen molar-refractivity contribution in [2.24, 2.45) is 0 Å². The number of para-hydroxylation sites is 1. The molecule has 0 aliphatic carbocycles. The number of likely N-dealkylation sites (tertiary alicyclic amines) is 1. The Morgan fingerprint density at radius 2 is 2.16 bits per heavy atom. The van der Waals surface area contributed by atoms with Crippen molar-refractivity contribution in [2.75, 3.05) is 13.1 Å². The second kappa shape index (κ2) is 6.80. The number of fused-ring (bicyclic) bond motifs is 1. The largest absolute Gasteiger partial charge is 0.340 e. The summed E-state index contributed by atoms with van der Waals surface area (Å²) in [5, 5.41) is 4.63. The number of nitrogens with zero attached hydrogens (tertiary/aromatic N) is 3. The van der Waals surface area contributed by atoms with Gasteiger partial charge in [-0.25, -0.2) is 4.98 Å². The molecule has 1 aromatic carbocycles. The number of hydrogen-bond acceptors (Lipinski definition) is 4. The van der Waals surface area contributed by atoms with Crippen LogP contribution in [0.4, 0.5) is 0 Å². The summed E-state index contributed by atoms with van der Waals surface area (Å²) in [7, 11) is 0. The minimum Gasteiger partial charge on any atom is -0.340 e. The van der Waals surface area contributed by atoms with E-state index in [9.17, 15) is 9.59 Å². The van der Waals surface area contributed by atoms with Crippen molar-refractivity contribution < 1.29 is 4.79 Å². The molecule has 1 fully saturated rings. The van der Waals surface area contributed by atoms with Gasteiger partial charge in [0.15, 0.2) is 0 Å². The highest BCUT2D eigenvalue weighted by Crippen LogP contribution is 2.21. The fraction of sp³-hybridized carbons (Fsp3) is 0.316. The maximum Gasteiger partial charge on any atom is 0.261 e. The molecule has 3 heterocycles. The maximum atomic E-state index is 12.8. The Hall–Kier alpha value is -2.47. The summed E-state index contributed by atoms with van der Waals surface area (Å²) in [6.07, 6.45) is 3.85. The van der Waals surface area contributed by atoms with Gasteiger partial charge >= 0.3 is 0 Å². The molecular weight excluding hydrogens is 334 g/mol. The van der Waals surface area contributed by atoms with E-state index in [0.717, 1.165) is 24.9 Å². The summed E-state index contributed by atoms with van der Waals surface area (Å²) < 4.78 is 1.70. The van der Waals surface area contributed by atoms with Crippen LogP contribution in [-0.4, -0.2) is 33.4 Å². The Bertz CT molecular complexity index is 949. The van der Waals surface area contributed by atoms with Gasteiger partial charge in [-0.05, 0) is 47.4 Å². The molecule has 1 unspecified atom stereocenters. The van der Waals surface area contributed by atoms with E-state index >= 15 is 0 Å². The molecule has 1 aliphatic rings. The van der Waals surface area contributed by atoms with Gasteiger partial charge in [0.05, 0.1) is 29.7 Å². The van der Waals surface area contributed by atoms with Gasteiger partial charge in [0.25, 0.3) is 5.56 Å². The Labute approximate surface area is 149 Å². The first-order valence-electron chi connectivity index (χ1n) is 8.47. The van der Waals surface area contributed by atoms with Crippen molar-refractivity contribution >= 4 is 28.1 Å². The van der Waals surface area contributed by atoms with E-state index in [1.807, 2.05) is 46.0 Å². The fourth-order valence-electron chi connectivity index (χ4n) is 3.43. The summed E-state index contributed by atoms with van der Waals surface area (Å²) in [5.41, 5.74) is 1.74. The lowest BCUT2D eigenvalue weighted by molar-refractivity contribution is -0.132. The number of piperidine rings is 1. The van der Waals surface area contributed by atoms with Gasteiger partial charge < -0.3 is 4.90 Å². The molecule has 1 aliphatic heterocycles. The van der Waals surface area contributed by atoms with Gasteiger partial charge in [-0.2, -0.15) is 11.3 Å². The second-order valence-electron chi connectivity index (χ2n) is 6.42. The van der Waals surface area contributed by atoms with Crippen LogP contribution in [0, 0.1) is 0 Å². The van der Waals surface area contributed by atoms with E-state index in [-0.39, 0.29) is 17.5 Å². The SMILES string of the molecule is O=C(Cc1ccsc1)N1CCCC(n2cnc3ccccc3c2=O)C1. The van der Waals surface area contributed by atoms with Gasteiger partial charge in [0, 0.05) is 13.1 Å². The predicted octanol–water partition coefficient (Wildman–Crippen LogP) is 2.86. The highest BCUT2D eigenvalue weighted by Gasteiger charge is 2.25. The van der Waals surface area contributed by atoms with E-state index in [2.05, 4.69) is 4.98 Å². The van der Waals surface area contributed by atoms with Crippen molar-refractivity contribution in [1.29, 1.82) is 0 Å². The molecule has 0 radical (unpaired) electrons. The van der Waals surface area contributed by atoms with Crippen molar-refractivity contribution in [2.45, 2.75) is 25.3 Å². The van der Waals surface area contributed by atoms with Crippen LogP contribution >= 0.6 is 11.3 Å². The lowest BCUT2D eigenvalue weighted by Crippen LogP contribution is -2.43. The number of carbonyl (C=O) groups excluding carboxylic acids is 1. The molecule has 3 aromatic rings. The van der Waals surface area contributed by atoms with Gasteiger partial charge in [-0.15, -0.1) is 0 Å². The van der Waals surface area contributed by atoms with Gasteiger partial charge in [0.1, 0.15) is 0 Å². The zero-order valence-electron chi connectivity index (χ0n) is 13.8. The average molecular weight is 353 g/mol. The Morgan fingerprint density at radius 3 is 3.00 bits per heavy atom. The minimum absolute atomic E-state index is 0.00946. The molecule has 25 heavy (non-hydrogen) atoms. The van der Waals surface area contributed by atoms with Crippen LogP contribution in [0.2, 0.25) is 0 Å². The average Bonchev–Trinajstić information content (AvgIpc) is 3.15. The second-order valence-corrected chi connectivity index (χ2v) is 7.20. The van der Waals surface area contributed by atoms with Crippen molar-refractivity contribution in [3.8, 4) is 0 Å². The third-order valence-corrected chi connectivity index (χ3v) is 5.50. The lowest BCUT2D eigenvalue weighted by Gasteiger charge is -2.33. The van der Waals surface area contributed by atoms with E-state index < -0.39 is 0 Å². The third kappa shape index (κ3) is 3.22. The van der Waals surface area contributed by atoms with Gasteiger partial charge in [-0.3, -0.25) is 14.2 Å². The summed E-state index contributed by atoms with van der Waals surface area (Å²) >= 11 is 1.60. The van der Waals surface area contributed by atoms with Crippen LogP contribution in [0.25, 0.3) is 10.9 Å². The number of thiophene rings is 1. The highest BCUT2D eigenvalue weighted by molar-refractivity contribution is 7.08. The predicted molar refractivity (Wildman–Crippen MR) is 98.9 cm³/mol. The molecular formula is C19H19N3O2S. The smallest absolute Gasteiger partial charge is 0.261 e. The number of amides is 1. The molecule has 0 N–H and O–H groups in total. The number of hydrogen-bond donors (Lipinski definition) is 0. The van der Waals surface area contributed by atoms with Crippen LogP contribution < -0.4 is 5.56 Å². The van der Waals surface area contributed by atoms with E-state index in [4.69, 9.17) is 0 Å². The molecule has 1 atom stereocenters. The van der Waals surface area contributed by atoms with E-state index in [1.54, 1.807) is 22.2 Å². The van der Waals surface area contributed by atoms with Crippen LogP contribution in [0.5, 0.6) is 0 Å². The molecule has 1 amide bonds. The summed E-state index contributed by atoms with van der Waals surface area (Å²) in [6.45, 7) is 1.33. The highest BCUT2D eigenvalue weighted by atomic mass is 32.1. The number of rotatable bonds is 3. The monoisotopic (exact) mass is 353 g/mol. The zero-order valence-corrected chi connectivity index (χ0v) is 14.6. The van der Waals surface area contributed by atoms with Crippen LogP contribution in [0.3, 0.4) is 0 Å². The molecule has 128 valence electrons. The van der Waals surface area contributed by atoms with Crippen LogP contribution in [0.15, 0.2) is 52.2 Å². The summed E-state index contributed by atoms with van der Waals surface area (Å²) in [5.74, 6) is 0.130. The molecule has 0 bridgehead atoms. The quantitative estimate of drug-likeness (QED) is 0.727. The number of benzene rings is 1. The maximum absolute atomic E-state index is 12.8. The molecule has 2 aromatic heterocycles.